The molecule has 0 amide bonds. The fourth-order valence-electron chi connectivity index (χ4n) is 4.33. The predicted molar refractivity (Wildman–Crippen MR) is 136 cm³/mol. The van der Waals surface area contributed by atoms with Crippen LogP contribution in [0.25, 0.3) is 55.3 Å². The van der Waals surface area contributed by atoms with Gasteiger partial charge in [-0.3, -0.25) is 4.79 Å². The van der Waals surface area contributed by atoms with Crippen molar-refractivity contribution in [3.63, 3.8) is 0 Å². The van der Waals surface area contributed by atoms with E-state index in [0.29, 0.717) is 21.9 Å². The van der Waals surface area contributed by atoms with Crippen LogP contribution in [-0.4, -0.2) is 0 Å². The second-order valence-electron chi connectivity index (χ2n) is 8.16. The Hall–Kier alpha value is -4.43. The van der Waals surface area contributed by atoms with E-state index in [4.69, 9.17) is 4.42 Å². The molecule has 2 heteroatoms. The van der Waals surface area contributed by atoms with Crippen molar-refractivity contribution in [2.75, 3.05) is 0 Å². The van der Waals surface area contributed by atoms with Gasteiger partial charge in [-0.2, -0.15) is 0 Å². The maximum Gasteiger partial charge on any atom is 0.200 e. The van der Waals surface area contributed by atoms with Gasteiger partial charge in [-0.05, 0) is 57.6 Å². The highest BCUT2D eigenvalue weighted by Crippen LogP contribution is 2.29. The Morgan fingerprint density at radius 3 is 1.24 bits per heavy atom. The van der Waals surface area contributed by atoms with Crippen LogP contribution in [0.5, 0.6) is 0 Å². The monoisotopic (exact) mass is 424 g/mol. The summed E-state index contributed by atoms with van der Waals surface area (Å²) in [6.07, 6.45) is 0. The Kier molecular flexibility index (Phi) is 4.63. The van der Waals surface area contributed by atoms with Crippen molar-refractivity contribution < 1.29 is 4.42 Å². The Bertz CT molecular complexity index is 1650. The van der Waals surface area contributed by atoms with Gasteiger partial charge in [-0.15, -0.1) is 0 Å². The first-order valence-electron chi connectivity index (χ1n) is 11.0. The zero-order valence-electron chi connectivity index (χ0n) is 17.9. The summed E-state index contributed by atoms with van der Waals surface area (Å²) in [5.41, 5.74) is 7.68. The molecule has 0 aliphatic carbocycles. The molecule has 0 radical (unpaired) electrons. The lowest BCUT2D eigenvalue weighted by molar-refractivity contribution is 0.660. The summed E-state index contributed by atoms with van der Waals surface area (Å²) in [6.45, 7) is 0. The first-order chi connectivity index (χ1) is 16.3. The minimum atomic E-state index is -0.00760. The molecule has 0 saturated heterocycles. The van der Waals surface area contributed by atoms with Crippen LogP contribution in [-0.2, 0) is 0 Å². The molecule has 0 atom stereocenters. The van der Waals surface area contributed by atoms with Gasteiger partial charge in [0, 0.05) is 0 Å². The smallest absolute Gasteiger partial charge is 0.200 e. The van der Waals surface area contributed by atoms with Crippen molar-refractivity contribution in [3.05, 3.63) is 132 Å². The SMILES string of the molecule is O=c1c2cc(-c3ccccc3)ccc2oc2ccc(-c3ccc(-c4ccccc4)cc3)cc12. The predicted octanol–water partition coefficient (Wildman–Crippen LogP) is 7.95. The van der Waals surface area contributed by atoms with Gasteiger partial charge in [0.25, 0.3) is 0 Å². The number of benzene rings is 5. The first kappa shape index (κ1) is 19.3. The lowest BCUT2D eigenvalue weighted by Gasteiger charge is -2.08. The van der Waals surface area contributed by atoms with Gasteiger partial charge < -0.3 is 4.42 Å². The number of rotatable bonds is 3. The number of hydrogen-bond donors (Lipinski definition) is 0. The molecular formula is C31H20O2. The Labute approximate surface area is 191 Å². The van der Waals surface area contributed by atoms with Crippen LogP contribution in [0.1, 0.15) is 0 Å². The summed E-state index contributed by atoms with van der Waals surface area (Å²) in [5.74, 6) is 0. The molecule has 6 rings (SSSR count). The third kappa shape index (κ3) is 3.52. The normalized spacial score (nSPS) is 11.2. The van der Waals surface area contributed by atoms with Crippen LogP contribution < -0.4 is 5.43 Å². The molecule has 1 aromatic heterocycles. The molecule has 1 heterocycles. The van der Waals surface area contributed by atoms with E-state index in [1.165, 1.54) is 11.1 Å². The standard InChI is InChI=1S/C31H20O2/c32-31-27-19-25(22-9-5-2-6-10-22)15-17-29(27)33-30-18-16-26(20-28(30)31)24-13-11-23(12-14-24)21-7-3-1-4-8-21/h1-20H. The zero-order chi connectivity index (χ0) is 22.2. The molecule has 0 bridgehead atoms. The fraction of sp³-hybridized carbons (Fsp3) is 0. The van der Waals surface area contributed by atoms with Crippen LogP contribution in [0.2, 0.25) is 0 Å². The van der Waals surface area contributed by atoms with Gasteiger partial charge in [0.2, 0.25) is 5.43 Å². The average molecular weight is 424 g/mol. The maximum absolute atomic E-state index is 13.4. The van der Waals surface area contributed by atoms with Crippen LogP contribution in [0.15, 0.2) is 131 Å². The molecule has 33 heavy (non-hydrogen) atoms. The molecule has 6 aromatic rings. The van der Waals surface area contributed by atoms with E-state index < -0.39 is 0 Å². The quantitative estimate of drug-likeness (QED) is 0.270. The Morgan fingerprint density at radius 1 is 0.394 bits per heavy atom. The van der Waals surface area contributed by atoms with E-state index in [-0.39, 0.29) is 5.43 Å². The van der Waals surface area contributed by atoms with Gasteiger partial charge in [-0.1, -0.05) is 97.1 Å². The molecule has 156 valence electrons. The van der Waals surface area contributed by atoms with Crippen LogP contribution >= 0.6 is 0 Å². The molecule has 2 nitrogen and oxygen atoms in total. The van der Waals surface area contributed by atoms with E-state index in [9.17, 15) is 4.79 Å². The summed E-state index contributed by atoms with van der Waals surface area (Å²) >= 11 is 0. The second-order valence-corrected chi connectivity index (χ2v) is 8.16. The van der Waals surface area contributed by atoms with Crippen molar-refractivity contribution in [3.8, 4) is 33.4 Å². The molecule has 0 fully saturated rings. The van der Waals surface area contributed by atoms with E-state index in [1.54, 1.807) is 0 Å². The Balaban J connectivity index is 1.45. The molecule has 0 aliphatic heterocycles. The summed E-state index contributed by atoms with van der Waals surface area (Å²) in [6, 6.07) is 40.4. The summed E-state index contributed by atoms with van der Waals surface area (Å²) in [7, 11) is 0. The summed E-state index contributed by atoms with van der Waals surface area (Å²) in [5, 5.41) is 1.19. The summed E-state index contributed by atoms with van der Waals surface area (Å²) < 4.78 is 6.09. The van der Waals surface area contributed by atoms with Crippen molar-refractivity contribution in [1.82, 2.24) is 0 Å². The first-order valence-corrected chi connectivity index (χ1v) is 11.0. The lowest BCUT2D eigenvalue weighted by Crippen LogP contribution is -2.02. The van der Waals surface area contributed by atoms with Crippen molar-refractivity contribution >= 4 is 21.9 Å². The second kappa shape index (κ2) is 7.92. The van der Waals surface area contributed by atoms with Crippen molar-refractivity contribution in [2.45, 2.75) is 0 Å². The van der Waals surface area contributed by atoms with Crippen LogP contribution in [0.4, 0.5) is 0 Å². The molecule has 0 N–H and O–H groups in total. The highest BCUT2D eigenvalue weighted by Gasteiger charge is 2.11. The van der Waals surface area contributed by atoms with Gasteiger partial charge in [0.05, 0.1) is 10.8 Å². The molecule has 0 spiro atoms. The zero-order valence-corrected chi connectivity index (χ0v) is 17.9. The lowest BCUT2D eigenvalue weighted by atomic mass is 9.98. The van der Waals surface area contributed by atoms with Gasteiger partial charge in [-0.25, -0.2) is 0 Å². The third-order valence-corrected chi connectivity index (χ3v) is 6.10. The molecule has 0 saturated carbocycles. The number of hydrogen-bond acceptors (Lipinski definition) is 2. The molecular weight excluding hydrogens is 404 g/mol. The maximum atomic E-state index is 13.4. The molecule has 0 unspecified atom stereocenters. The minimum Gasteiger partial charge on any atom is -0.456 e. The average Bonchev–Trinajstić information content (AvgIpc) is 2.90. The van der Waals surface area contributed by atoms with E-state index in [1.807, 2.05) is 84.9 Å². The topological polar surface area (TPSA) is 30.2 Å². The third-order valence-electron chi connectivity index (χ3n) is 6.10. The Morgan fingerprint density at radius 2 is 0.758 bits per heavy atom. The fourth-order valence-corrected chi connectivity index (χ4v) is 4.33. The van der Waals surface area contributed by atoms with E-state index in [2.05, 4.69) is 36.4 Å². The highest BCUT2D eigenvalue weighted by molar-refractivity contribution is 5.94. The van der Waals surface area contributed by atoms with Crippen LogP contribution in [0.3, 0.4) is 0 Å². The van der Waals surface area contributed by atoms with Gasteiger partial charge >= 0.3 is 0 Å². The highest BCUT2D eigenvalue weighted by atomic mass is 16.3. The summed E-state index contributed by atoms with van der Waals surface area (Å²) in [4.78, 5) is 13.4. The molecule has 5 aromatic carbocycles. The van der Waals surface area contributed by atoms with Gasteiger partial charge in [0.1, 0.15) is 11.2 Å². The largest absolute Gasteiger partial charge is 0.456 e. The van der Waals surface area contributed by atoms with E-state index >= 15 is 0 Å². The van der Waals surface area contributed by atoms with Gasteiger partial charge in [0.15, 0.2) is 0 Å². The molecule has 0 aliphatic rings. The number of fused-ring (bicyclic) bond motifs is 2. The van der Waals surface area contributed by atoms with Crippen molar-refractivity contribution in [2.24, 2.45) is 0 Å². The van der Waals surface area contributed by atoms with Crippen LogP contribution in [0, 0.1) is 0 Å². The van der Waals surface area contributed by atoms with E-state index in [0.717, 1.165) is 22.3 Å². The minimum absolute atomic E-state index is 0.00760. The van der Waals surface area contributed by atoms with Crippen molar-refractivity contribution in [1.29, 1.82) is 0 Å².